The lowest BCUT2D eigenvalue weighted by Crippen LogP contribution is -2.38. The Morgan fingerprint density at radius 2 is 1.92 bits per heavy atom. The van der Waals surface area contributed by atoms with E-state index in [2.05, 4.69) is 0 Å². The first-order valence-electron chi connectivity index (χ1n) is 3.48. The third kappa shape index (κ3) is 9.68. The molecule has 12 heavy (non-hydrogen) atoms. The molecule has 0 rings (SSSR count). The predicted molar refractivity (Wildman–Crippen MR) is 48.2 cm³/mol. The molecule has 0 aromatic rings. The number of hydrogen-bond acceptors (Lipinski definition) is 2. The summed E-state index contributed by atoms with van der Waals surface area (Å²) in [6, 6.07) is 0. The third-order valence-electron chi connectivity index (χ3n) is 1.13. The van der Waals surface area contributed by atoms with Crippen LogP contribution in [0.2, 0.25) is 0 Å². The molecule has 0 fully saturated rings. The predicted octanol–water partition coefficient (Wildman–Crippen LogP) is -0.350. The summed E-state index contributed by atoms with van der Waals surface area (Å²) in [6.07, 6.45) is 0. The van der Waals surface area contributed by atoms with Crippen LogP contribution >= 0.6 is 11.6 Å². The van der Waals surface area contributed by atoms with Crippen molar-refractivity contribution in [3.05, 3.63) is 0 Å². The van der Waals surface area contributed by atoms with Crippen LogP contribution in [0.5, 0.6) is 0 Å². The van der Waals surface area contributed by atoms with Crippen LogP contribution in [0.25, 0.3) is 0 Å². The molecule has 0 saturated carbocycles. The molecule has 0 aliphatic rings. The Morgan fingerprint density at radius 3 is 2.25 bits per heavy atom. The highest BCUT2D eigenvalue weighted by Crippen LogP contribution is 1.90. The molecule has 5 heteroatoms. The molecule has 0 unspecified atom stereocenters. The number of hydrogen-bond donors (Lipinski definition) is 0. The molecule has 0 aromatic carbocycles. The van der Waals surface area contributed by atoms with Crippen LogP contribution in [0.1, 0.15) is 0 Å². The van der Waals surface area contributed by atoms with Crippen molar-refractivity contribution < 1.29 is 19.5 Å². The molecule has 4 nitrogen and oxygen atoms in total. The quantitative estimate of drug-likeness (QED) is 0.352. The maximum absolute atomic E-state index is 10.5. The van der Waals surface area contributed by atoms with Crippen molar-refractivity contribution in [3.8, 4) is 0 Å². The Hall–Kier alpha value is -0.320. The summed E-state index contributed by atoms with van der Waals surface area (Å²) in [6.45, 7) is 1.25. The number of rotatable bonds is 4. The lowest BCUT2D eigenvalue weighted by molar-refractivity contribution is -0.870. The van der Waals surface area contributed by atoms with Gasteiger partial charge in [-0.05, 0) is 0 Å². The molecule has 0 aliphatic carbocycles. The minimum atomic E-state index is -0.347. The molecule has 0 spiro atoms. The van der Waals surface area contributed by atoms with Crippen LogP contribution in [-0.4, -0.2) is 56.1 Å². The number of ether oxygens (including phenoxy) is 1. The zero-order chi connectivity index (χ0) is 8.91. The van der Waals surface area contributed by atoms with Gasteiger partial charge < -0.3 is 14.7 Å². The summed E-state index contributed by atoms with van der Waals surface area (Å²) in [5, 5.41) is 0. The van der Waals surface area contributed by atoms with Crippen LogP contribution in [0, 0.1) is 0 Å². The highest BCUT2D eigenvalue weighted by molar-refractivity contribution is 6.26. The van der Waals surface area contributed by atoms with Crippen LogP contribution in [0.15, 0.2) is 0 Å². The Labute approximate surface area is 78.0 Å². The smallest absolute Gasteiger partial charge is 0.321 e. The van der Waals surface area contributed by atoms with Gasteiger partial charge in [-0.2, -0.15) is 0 Å². The molecular formula is C7H17ClNO3+. The monoisotopic (exact) mass is 198 g/mol. The average molecular weight is 199 g/mol. The van der Waals surface area contributed by atoms with Gasteiger partial charge in [0.05, 0.1) is 21.1 Å². The minimum absolute atomic E-state index is 0. The second kappa shape index (κ2) is 6.22. The lowest BCUT2D eigenvalue weighted by atomic mass is 10.5. The van der Waals surface area contributed by atoms with Gasteiger partial charge in [-0.1, -0.05) is 0 Å². The molecule has 0 aromatic heterocycles. The van der Waals surface area contributed by atoms with E-state index in [4.69, 9.17) is 16.3 Å². The summed E-state index contributed by atoms with van der Waals surface area (Å²) in [5.74, 6) is -0.406. The molecule has 0 radical (unpaired) electrons. The number of carbonyl (C=O) groups is 1. The van der Waals surface area contributed by atoms with E-state index in [9.17, 15) is 4.79 Å². The van der Waals surface area contributed by atoms with E-state index in [0.29, 0.717) is 6.61 Å². The number of likely N-dealkylation sites (N-methyl/N-ethyl adjacent to an activating group) is 1. The molecule has 0 amide bonds. The first-order chi connectivity index (χ1) is 4.95. The number of halogens is 1. The SMILES string of the molecule is C[N+](C)(C)CCOC(=O)CCl.O. The van der Waals surface area contributed by atoms with Crippen LogP contribution in [0.3, 0.4) is 0 Å². The van der Waals surface area contributed by atoms with Crippen LogP contribution in [0.4, 0.5) is 0 Å². The fraction of sp³-hybridized carbons (Fsp3) is 0.857. The van der Waals surface area contributed by atoms with Gasteiger partial charge in [0.15, 0.2) is 0 Å². The van der Waals surface area contributed by atoms with Crippen molar-refractivity contribution in [3.63, 3.8) is 0 Å². The second-order valence-corrected chi connectivity index (χ2v) is 3.64. The zero-order valence-electron chi connectivity index (χ0n) is 7.76. The van der Waals surface area contributed by atoms with Crippen molar-refractivity contribution >= 4 is 17.6 Å². The number of esters is 1. The van der Waals surface area contributed by atoms with Gasteiger partial charge >= 0.3 is 5.97 Å². The Morgan fingerprint density at radius 1 is 1.42 bits per heavy atom. The molecule has 2 N–H and O–H groups in total. The second-order valence-electron chi connectivity index (χ2n) is 3.37. The van der Waals surface area contributed by atoms with Gasteiger partial charge in [0, 0.05) is 0 Å². The van der Waals surface area contributed by atoms with Gasteiger partial charge in [-0.25, -0.2) is 0 Å². The highest BCUT2D eigenvalue weighted by atomic mass is 35.5. The lowest BCUT2D eigenvalue weighted by Gasteiger charge is -2.23. The normalized spacial score (nSPS) is 10.3. The minimum Gasteiger partial charge on any atom is -0.459 e. The number of carbonyl (C=O) groups excluding carboxylic acids is 1. The van der Waals surface area contributed by atoms with E-state index in [0.717, 1.165) is 11.0 Å². The fourth-order valence-electron chi connectivity index (χ4n) is 0.472. The Bertz CT molecular complexity index is 133. The van der Waals surface area contributed by atoms with E-state index in [1.807, 2.05) is 21.1 Å². The third-order valence-corrected chi connectivity index (χ3v) is 1.35. The number of alkyl halides is 1. The molecule has 0 atom stereocenters. The maximum Gasteiger partial charge on any atom is 0.321 e. The standard InChI is InChI=1S/C7H15ClNO2.H2O/c1-9(2,3)4-5-11-7(10)6-8;/h4-6H2,1-3H3;1H2/q+1;. The van der Waals surface area contributed by atoms with Gasteiger partial charge in [-0.15, -0.1) is 11.6 Å². The Kier molecular flexibility index (Phi) is 7.37. The number of quaternary nitrogens is 1. The van der Waals surface area contributed by atoms with E-state index >= 15 is 0 Å². The molecule has 74 valence electrons. The van der Waals surface area contributed by atoms with E-state index in [1.54, 1.807) is 0 Å². The van der Waals surface area contributed by atoms with Crippen molar-refractivity contribution in [1.29, 1.82) is 0 Å². The average Bonchev–Trinajstić information content (AvgIpc) is 1.85. The molecular weight excluding hydrogens is 182 g/mol. The summed E-state index contributed by atoms with van der Waals surface area (Å²) in [7, 11) is 6.11. The van der Waals surface area contributed by atoms with Crippen molar-refractivity contribution in [2.75, 3.05) is 40.2 Å². The maximum atomic E-state index is 10.5. The van der Waals surface area contributed by atoms with E-state index < -0.39 is 0 Å². The molecule has 0 aliphatic heterocycles. The summed E-state index contributed by atoms with van der Waals surface area (Å²) >= 11 is 5.22. The van der Waals surface area contributed by atoms with Gasteiger partial charge in [0.1, 0.15) is 19.0 Å². The Balaban J connectivity index is 0. The van der Waals surface area contributed by atoms with E-state index in [1.165, 1.54) is 0 Å². The zero-order valence-corrected chi connectivity index (χ0v) is 8.52. The first kappa shape index (κ1) is 14.2. The largest absolute Gasteiger partial charge is 0.459 e. The van der Waals surface area contributed by atoms with Crippen molar-refractivity contribution in [1.82, 2.24) is 0 Å². The number of nitrogens with zero attached hydrogens (tertiary/aromatic N) is 1. The topological polar surface area (TPSA) is 57.8 Å². The van der Waals surface area contributed by atoms with Crippen molar-refractivity contribution in [2.24, 2.45) is 0 Å². The summed E-state index contributed by atoms with van der Waals surface area (Å²) in [5.41, 5.74) is 0. The highest BCUT2D eigenvalue weighted by Gasteiger charge is 2.07. The summed E-state index contributed by atoms with van der Waals surface area (Å²) < 4.78 is 5.57. The molecule has 0 saturated heterocycles. The fourth-order valence-corrected chi connectivity index (χ4v) is 0.549. The van der Waals surface area contributed by atoms with Crippen LogP contribution in [-0.2, 0) is 9.53 Å². The van der Waals surface area contributed by atoms with Crippen LogP contribution < -0.4 is 0 Å². The van der Waals surface area contributed by atoms with Gasteiger partial charge in [-0.3, -0.25) is 4.79 Å². The van der Waals surface area contributed by atoms with Gasteiger partial charge in [0.25, 0.3) is 0 Å². The van der Waals surface area contributed by atoms with E-state index in [-0.39, 0.29) is 17.3 Å². The van der Waals surface area contributed by atoms with Gasteiger partial charge in [0.2, 0.25) is 0 Å². The first-order valence-corrected chi connectivity index (χ1v) is 4.01. The van der Waals surface area contributed by atoms with Crippen molar-refractivity contribution in [2.45, 2.75) is 0 Å². The molecule has 0 heterocycles. The summed E-state index contributed by atoms with van der Waals surface area (Å²) in [4.78, 5) is 10.5. The molecule has 0 bridgehead atoms.